The molecule has 4 heterocycles. The fourth-order valence-corrected chi connectivity index (χ4v) is 7.04. The Bertz CT molecular complexity index is 869. The van der Waals surface area contributed by atoms with Crippen molar-refractivity contribution in [3.05, 3.63) is 11.5 Å². The molecule has 3 aliphatic rings. The van der Waals surface area contributed by atoms with Gasteiger partial charge in [0.25, 0.3) is 0 Å². The van der Waals surface area contributed by atoms with Gasteiger partial charge in [0.2, 0.25) is 15.9 Å². The molecule has 3 aliphatic heterocycles. The van der Waals surface area contributed by atoms with E-state index in [9.17, 15) is 13.2 Å². The Balaban J connectivity index is 1.29. The van der Waals surface area contributed by atoms with Crippen LogP contribution in [0.4, 0.5) is 0 Å². The summed E-state index contributed by atoms with van der Waals surface area (Å²) in [5.41, 5.74) is 0.370. The van der Waals surface area contributed by atoms with Gasteiger partial charge in [-0.15, -0.1) is 0 Å². The lowest BCUT2D eigenvalue weighted by atomic mass is 9.91. The van der Waals surface area contributed by atoms with Crippen molar-refractivity contribution in [2.45, 2.75) is 50.8 Å². The number of carbonyl (C=O) groups is 1. The lowest BCUT2D eigenvalue weighted by Crippen LogP contribution is -2.48. The van der Waals surface area contributed by atoms with Gasteiger partial charge in [-0.25, -0.2) is 8.42 Å². The first-order valence-electron chi connectivity index (χ1n) is 11.9. The zero-order valence-electron chi connectivity index (χ0n) is 19.3. The highest BCUT2D eigenvalue weighted by atomic mass is 32.2. The highest BCUT2D eigenvalue weighted by Gasteiger charge is 2.38. The number of likely N-dealkylation sites (tertiary alicyclic amines) is 1. The van der Waals surface area contributed by atoms with Crippen molar-refractivity contribution >= 4 is 15.9 Å². The number of carbonyl (C=O) groups excluding carboxylic acids is 1. The molecule has 1 aromatic rings. The second-order valence-electron chi connectivity index (χ2n) is 9.37. The second kappa shape index (κ2) is 10.2. The number of aryl methyl sites for hydroxylation is 2. The molecule has 1 unspecified atom stereocenters. The molecule has 0 radical (unpaired) electrons. The largest absolute Gasteiger partial charge is 0.379 e. The number of hydrogen-bond acceptors (Lipinski definition) is 7. The van der Waals surface area contributed by atoms with E-state index in [2.05, 4.69) is 10.1 Å². The molecule has 4 rings (SSSR count). The van der Waals surface area contributed by atoms with E-state index in [4.69, 9.17) is 9.26 Å². The average Bonchev–Trinajstić information content (AvgIpc) is 3.17. The van der Waals surface area contributed by atoms with Gasteiger partial charge in [0.1, 0.15) is 10.6 Å². The molecule has 3 saturated heterocycles. The minimum absolute atomic E-state index is 0.107. The summed E-state index contributed by atoms with van der Waals surface area (Å²) in [4.78, 5) is 17.8. The molecular weight excluding hydrogens is 432 g/mol. The molecule has 32 heavy (non-hydrogen) atoms. The van der Waals surface area contributed by atoms with Crippen LogP contribution in [0.15, 0.2) is 9.42 Å². The number of amides is 1. The normalized spacial score (nSPS) is 24.7. The Hall–Kier alpha value is -1.49. The smallest absolute Gasteiger partial charge is 0.248 e. The molecular formula is C22H36N4O5S. The zero-order valence-corrected chi connectivity index (χ0v) is 20.1. The molecule has 0 spiro atoms. The van der Waals surface area contributed by atoms with Crippen molar-refractivity contribution in [1.82, 2.24) is 19.3 Å². The van der Waals surface area contributed by atoms with Gasteiger partial charge in [-0.3, -0.25) is 9.69 Å². The Labute approximate surface area is 191 Å². The lowest BCUT2D eigenvalue weighted by Gasteiger charge is -2.38. The zero-order chi connectivity index (χ0) is 22.7. The lowest BCUT2D eigenvalue weighted by molar-refractivity contribution is -0.138. The van der Waals surface area contributed by atoms with E-state index < -0.39 is 10.0 Å². The van der Waals surface area contributed by atoms with Crippen molar-refractivity contribution in [3.8, 4) is 0 Å². The first kappa shape index (κ1) is 23.7. The third-order valence-electron chi connectivity index (χ3n) is 7.18. The topological polar surface area (TPSA) is 96.2 Å². The molecule has 0 N–H and O–H groups in total. The van der Waals surface area contributed by atoms with Crippen molar-refractivity contribution in [1.29, 1.82) is 0 Å². The van der Waals surface area contributed by atoms with Crippen LogP contribution in [0.3, 0.4) is 0 Å². The van der Waals surface area contributed by atoms with Gasteiger partial charge in [-0.1, -0.05) is 5.16 Å². The molecule has 0 saturated carbocycles. The number of rotatable bonds is 6. The van der Waals surface area contributed by atoms with Crippen LogP contribution in [0.1, 0.15) is 43.6 Å². The van der Waals surface area contributed by atoms with E-state index in [1.54, 1.807) is 13.8 Å². The maximum absolute atomic E-state index is 13.2. The van der Waals surface area contributed by atoms with Gasteiger partial charge in [-0.05, 0) is 58.4 Å². The molecule has 180 valence electrons. The first-order chi connectivity index (χ1) is 15.4. The maximum atomic E-state index is 13.2. The summed E-state index contributed by atoms with van der Waals surface area (Å²) in [6.45, 7) is 10.3. The number of morpholine rings is 1. The summed E-state index contributed by atoms with van der Waals surface area (Å²) in [6.07, 6.45) is 4.67. The highest BCUT2D eigenvalue weighted by molar-refractivity contribution is 7.89. The Morgan fingerprint density at radius 2 is 1.78 bits per heavy atom. The quantitative estimate of drug-likeness (QED) is 0.626. The van der Waals surface area contributed by atoms with E-state index in [0.29, 0.717) is 30.3 Å². The number of aromatic nitrogens is 1. The molecule has 0 aliphatic carbocycles. The minimum Gasteiger partial charge on any atom is -0.379 e. The van der Waals surface area contributed by atoms with Gasteiger partial charge in [-0.2, -0.15) is 4.31 Å². The third kappa shape index (κ3) is 5.18. The summed E-state index contributed by atoms with van der Waals surface area (Å²) in [6, 6.07) is 0. The summed E-state index contributed by atoms with van der Waals surface area (Å²) in [7, 11) is -3.71. The molecule has 1 atom stereocenters. The third-order valence-corrected chi connectivity index (χ3v) is 9.29. The van der Waals surface area contributed by atoms with Crippen LogP contribution < -0.4 is 0 Å². The summed E-state index contributed by atoms with van der Waals surface area (Å²) >= 11 is 0. The molecule has 3 fully saturated rings. The van der Waals surface area contributed by atoms with Crippen LogP contribution in [0.25, 0.3) is 0 Å². The molecule has 1 aromatic heterocycles. The van der Waals surface area contributed by atoms with E-state index in [-0.39, 0.29) is 23.3 Å². The number of hydrogen-bond donors (Lipinski definition) is 0. The molecule has 10 heteroatoms. The van der Waals surface area contributed by atoms with Gasteiger partial charge >= 0.3 is 0 Å². The van der Waals surface area contributed by atoms with E-state index in [1.807, 2.05) is 4.90 Å². The molecule has 0 bridgehead atoms. The number of ether oxygens (including phenoxy) is 1. The summed E-state index contributed by atoms with van der Waals surface area (Å²) in [5, 5.41) is 3.79. The minimum atomic E-state index is -3.71. The monoisotopic (exact) mass is 468 g/mol. The highest BCUT2D eigenvalue weighted by Crippen LogP contribution is 2.29. The van der Waals surface area contributed by atoms with Gasteiger partial charge in [0.15, 0.2) is 5.76 Å². The fraction of sp³-hybridized carbons (Fsp3) is 0.818. The van der Waals surface area contributed by atoms with Gasteiger partial charge in [0.05, 0.1) is 19.1 Å². The van der Waals surface area contributed by atoms with Crippen molar-refractivity contribution in [3.63, 3.8) is 0 Å². The van der Waals surface area contributed by atoms with Gasteiger partial charge in [0, 0.05) is 39.3 Å². The Kier molecular flexibility index (Phi) is 7.54. The standard InChI is InChI=1S/C22H36N4O5S/c1-17-21(18(2)31-23-17)32(28,29)26-8-3-4-20(16-26)22(27)25-10-6-19(7-11-25)5-9-24-12-14-30-15-13-24/h19-20H,3-16H2,1-2H3. The van der Waals surface area contributed by atoms with E-state index >= 15 is 0 Å². The Morgan fingerprint density at radius 1 is 1.06 bits per heavy atom. The van der Waals surface area contributed by atoms with Crippen LogP contribution in [0, 0.1) is 25.7 Å². The van der Waals surface area contributed by atoms with E-state index in [1.165, 1.54) is 10.7 Å². The number of sulfonamides is 1. The maximum Gasteiger partial charge on any atom is 0.248 e. The SMILES string of the molecule is Cc1noc(C)c1S(=O)(=O)N1CCCC(C(=O)N2CCC(CCN3CCOCC3)CC2)C1. The number of piperidine rings is 2. The average molecular weight is 469 g/mol. The second-order valence-corrected chi connectivity index (χ2v) is 11.2. The number of nitrogens with zero attached hydrogens (tertiary/aromatic N) is 4. The predicted octanol–water partition coefficient (Wildman–Crippen LogP) is 1.65. The molecule has 0 aromatic carbocycles. The van der Waals surface area contributed by atoms with Gasteiger partial charge < -0.3 is 14.2 Å². The summed E-state index contributed by atoms with van der Waals surface area (Å²) in [5.74, 6) is 0.791. The van der Waals surface area contributed by atoms with E-state index in [0.717, 1.165) is 65.2 Å². The van der Waals surface area contributed by atoms with Crippen LogP contribution in [-0.2, 0) is 19.6 Å². The summed E-state index contributed by atoms with van der Waals surface area (Å²) < 4.78 is 38.3. The predicted molar refractivity (Wildman–Crippen MR) is 119 cm³/mol. The fourth-order valence-electron chi connectivity index (χ4n) is 5.22. The first-order valence-corrected chi connectivity index (χ1v) is 13.3. The Morgan fingerprint density at radius 3 is 2.44 bits per heavy atom. The van der Waals surface area contributed by atoms with Crippen LogP contribution >= 0.6 is 0 Å². The van der Waals surface area contributed by atoms with Crippen LogP contribution in [0.2, 0.25) is 0 Å². The van der Waals surface area contributed by atoms with Crippen LogP contribution in [-0.4, -0.2) is 92.6 Å². The van der Waals surface area contributed by atoms with Crippen LogP contribution in [0.5, 0.6) is 0 Å². The van der Waals surface area contributed by atoms with Crippen molar-refractivity contribution < 1.29 is 22.5 Å². The molecule has 9 nitrogen and oxygen atoms in total. The molecule has 1 amide bonds. The van der Waals surface area contributed by atoms with Crippen molar-refractivity contribution in [2.24, 2.45) is 11.8 Å². The van der Waals surface area contributed by atoms with Crippen molar-refractivity contribution in [2.75, 3.05) is 59.0 Å².